The van der Waals surface area contributed by atoms with Crippen LogP contribution in [0.25, 0.3) is 10.8 Å². The summed E-state index contributed by atoms with van der Waals surface area (Å²) in [5.41, 5.74) is 2.58. The molecule has 1 fully saturated rings. The number of urea groups is 1. The van der Waals surface area contributed by atoms with E-state index in [1.54, 1.807) is 17.3 Å². The van der Waals surface area contributed by atoms with Crippen molar-refractivity contribution in [3.05, 3.63) is 66.5 Å². The second kappa shape index (κ2) is 7.68. The summed E-state index contributed by atoms with van der Waals surface area (Å²) in [6, 6.07) is 14.9. The minimum Gasteiger partial charge on any atom is -0.331 e. The number of amides is 3. The Morgan fingerprint density at radius 1 is 1.18 bits per heavy atom. The molecule has 4 rings (SSSR count). The van der Waals surface area contributed by atoms with Crippen LogP contribution in [0.5, 0.6) is 0 Å². The number of benzene rings is 2. The molecule has 1 aliphatic rings. The van der Waals surface area contributed by atoms with Crippen molar-refractivity contribution in [1.82, 2.24) is 10.3 Å². The smallest absolute Gasteiger partial charge is 0.319 e. The molecule has 0 radical (unpaired) electrons. The van der Waals surface area contributed by atoms with Gasteiger partial charge in [0.2, 0.25) is 5.91 Å². The molecule has 142 valence electrons. The Kier molecular flexibility index (Phi) is 4.93. The van der Waals surface area contributed by atoms with Gasteiger partial charge in [-0.3, -0.25) is 9.78 Å². The highest BCUT2D eigenvalue weighted by Gasteiger charge is 2.22. The van der Waals surface area contributed by atoms with Crippen molar-refractivity contribution in [1.29, 1.82) is 0 Å². The summed E-state index contributed by atoms with van der Waals surface area (Å²) >= 11 is 0. The molecule has 1 aromatic heterocycles. The number of carbonyl (C=O) groups is 2. The molecular weight excluding hydrogens is 352 g/mol. The van der Waals surface area contributed by atoms with Gasteiger partial charge in [-0.05, 0) is 43.2 Å². The summed E-state index contributed by atoms with van der Waals surface area (Å²) < 4.78 is 0. The van der Waals surface area contributed by atoms with E-state index in [0.717, 1.165) is 40.7 Å². The Balaban J connectivity index is 1.47. The van der Waals surface area contributed by atoms with E-state index in [4.69, 9.17) is 0 Å². The van der Waals surface area contributed by atoms with E-state index in [1.807, 2.05) is 55.5 Å². The van der Waals surface area contributed by atoms with E-state index >= 15 is 0 Å². The average Bonchev–Trinajstić information content (AvgIpc) is 3.14. The van der Waals surface area contributed by atoms with Crippen molar-refractivity contribution in [3.8, 4) is 0 Å². The van der Waals surface area contributed by atoms with Gasteiger partial charge in [0.1, 0.15) is 0 Å². The van der Waals surface area contributed by atoms with Crippen LogP contribution in [0.1, 0.15) is 31.4 Å². The molecule has 2 N–H and O–H groups in total. The van der Waals surface area contributed by atoms with Crippen LogP contribution in [0.4, 0.5) is 16.2 Å². The maximum Gasteiger partial charge on any atom is 0.319 e. The number of pyridine rings is 1. The lowest BCUT2D eigenvalue weighted by Gasteiger charge is -2.20. The Hall–Kier alpha value is -3.41. The van der Waals surface area contributed by atoms with Crippen molar-refractivity contribution >= 4 is 34.1 Å². The number of nitrogens with zero attached hydrogens (tertiary/aromatic N) is 2. The third-order valence-corrected chi connectivity index (χ3v) is 5.03. The molecule has 6 nitrogen and oxygen atoms in total. The van der Waals surface area contributed by atoms with E-state index < -0.39 is 0 Å². The van der Waals surface area contributed by atoms with Crippen LogP contribution in [0.3, 0.4) is 0 Å². The van der Waals surface area contributed by atoms with Gasteiger partial charge in [-0.2, -0.15) is 0 Å². The first-order valence-electron chi connectivity index (χ1n) is 9.42. The van der Waals surface area contributed by atoms with Crippen molar-refractivity contribution in [2.75, 3.05) is 16.8 Å². The monoisotopic (exact) mass is 374 g/mol. The molecule has 3 aromatic rings. The third kappa shape index (κ3) is 3.67. The van der Waals surface area contributed by atoms with Crippen LogP contribution in [-0.2, 0) is 4.79 Å². The van der Waals surface area contributed by atoms with E-state index in [9.17, 15) is 9.59 Å². The zero-order chi connectivity index (χ0) is 19.5. The van der Waals surface area contributed by atoms with E-state index in [2.05, 4.69) is 15.6 Å². The summed E-state index contributed by atoms with van der Waals surface area (Å²) in [6.45, 7) is 2.68. The van der Waals surface area contributed by atoms with Gasteiger partial charge < -0.3 is 15.5 Å². The van der Waals surface area contributed by atoms with E-state index in [0.29, 0.717) is 6.42 Å². The van der Waals surface area contributed by atoms with Gasteiger partial charge in [0.05, 0.1) is 11.7 Å². The fourth-order valence-corrected chi connectivity index (χ4v) is 3.55. The molecule has 3 amide bonds. The second-order valence-corrected chi connectivity index (χ2v) is 6.97. The first kappa shape index (κ1) is 18.0. The first-order valence-corrected chi connectivity index (χ1v) is 9.42. The molecule has 1 atom stereocenters. The predicted octanol–water partition coefficient (Wildman–Crippen LogP) is 4.24. The molecule has 1 unspecified atom stereocenters. The Labute approximate surface area is 163 Å². The highest BCUT2D eigenvalue weighted by atomic mass is 16.2. The number of carbonyl (C=O) groups excluding carboxylic acids is 2. The van der Waals surface area contributed by atoms with Crippen LogP contribution in [0, 0.1) is 0 Å². The first-order chi connectivity index (χ1) is 13.6. The predicted molar refractivity (Wildman–Crippen MR) is 110 cm³/mol. The number of aromatic nitrogens is 1. The summed E-state index contributed by atoms with van der Waals surface area (Å²) in [5.74, 6) is 0.154. The summed E-state index contributed by atoms with van der Waals surface area (Å²) in [5, 5.41) is 7.80. The van der Waals surface area contributed by atoms with Crippen molar-refractivity contribution in [3.63, 3.8) is 0 Å². The van der Waals surface area contributed by atoms with Crippen LogP contribution in [0.15, 0.2) is 60.9 Å². The Morgan fingerprint density at radius 3 is 2.86 bits per heavy atom. The zero-order valence-electron chi connectivity index (χ0n) is 15.7. The molecule has 0 bridgehead atoms. The molecule has 1 aliphatic heterocycles. The van der Waals surface area contributed by atoms with Gasteiger partial charge in [-0.25, -0.2) is 4.79 Å². The number of fused-ring (bicyclic) bond motifs is 1. The van der Waals surface area contributed by atoms with E-state index in [1.165, 1.54) is 0 Å². The zero-order valence-corrected chi connectivity index (χ0v) is 15.7. The fourth-order valence-electron chi connectivity index (χ4n) is 3.55. The number of anilines is 2. The van der Waals surface area contributed by atoms with Gasteiger partial charge >= 0.3 is 6.03 Å². The van der Waals surface area contributed by atoms with Crippen molar-refractivity contribution in [2.24, 2.45) is 0 Å². The lowest BCUT2D eigenvalue weighted by molar-refractivity contribution is -0.117. The van der Waals surface area contributed by atoms with Crippen LogP contribution in [-0.4, -0.2) is 23.5 Å². The number of hydrogen-bond donors (Lipinski definition) is 2. The lowest BCUT2D eigenvalue weighted by Crippen LogP contribution is -2.31. The lowest BCUT2D eigenvalue weighted by atomic mass is 10.1. The number of nitrogens with one attached hydrogen (secondary N) is 2. The van der Waals surface area contributed by atoms with Gasteiger partial charge in [-0.1, -0.05) is 24.3 Å². The summed E-state index contributed by atoms with van der Waals surface area (Å²) in [7, 11) is 0. The second-order valence-electron chi connectivity index (χ2n) is 6.97. The largest absolute Gasteiger partial charge is 0.331 e. The Bertz CT molecular complexity index is 1030. The molecular formula is C22H22N4O2. The molecule has 2 heterocycles. The van der Waals surface area contributed by atoms with Gasteiger partial charge in [0, 0.05) is 41.8 Å². The molecule has 2 aromatic carbocycles. The topological polar surface area (TPSA) is 74.3 Å². The normalized spacial score (nSPS) is 14.9. The summed E-state index contributed by atoms with van der Waals surface area (Å²) in [4.78, 5) is 30.4. The van der Waals surface area contributed by atoms with Gasteiger partial charge in [0.15, 0.2) is 0 Å². The number of rotatable bonds is 4. The molecule has 1 saturated heterocycles. The van der Waals surface area contributed by atoms with Crippen LogP contribution in [0.2, 0.25) is 0 Å². The highest BCUT2D eigenvalue weighted by molar-refractivity contribution is 6.01. The van der Waals surface area contributed by atoms with Crippen LogP contribution < -0.4 is 15.5 Å². The maximum atomic E-state index is 12.5. The number of hydrogen-bond acceptors (Lipinski definition) is 3. The standard InChI is InChI=1S/C22H22N4O2/c1-15(16-5-2-7-18(13-16)26-12-4-9-21(26)27)24-22(28)25-20-8-3-6-17-14-23-11-10-19(17)20/h2-3,5-8,10-11,13-15H,4,9,12H2,1H3,(H2,24,25,28). The maximum absolute atomic E-state index is 12.5. The van der Waals surface area contributed by atoms with Gasteiger partial charge in [-0.15, -0.1) is 0 Å². The summed E-state index contributed by atoms with van der Waals surface area (Å²) in [6.07, 6.45) is 4.96. The van der Waals surface area contributed by atoms with Gasteiger partial charge in [0.25, 0.3) is 0 Å². The van der Waals surface area contributed by atoms with Crippen molar-refractivity contribution in [2.45, 2.75) is 25.8 Å². The van der Waals surface area contributed by atoms with E-state index in [-0.39, 0.29) is 18.0 Å². The average molecular weight is 374 g/mol. The van der Waals surface area contributed by atoms with Crippen molar-refractivity contribution < 1.29 is 9.59 Å². The van der Waals surface area contributed by atoms with Crippen LogP contribution >= 0.6 is 0 Å². The highest BCUT2D eigenvalue weighted by Crippen LogP contribution is 2.25. The SMILES string of the molecule is CC(NC(=O)Nc1cccc2cnccc12)c1cccc(N2CCCC2=O)c1. The molecule has 0 saturated carbocycles. The molecule has 0 spiro atoms. The fraction of sp³-hybridized carbons (Fsp3) is 0.227. The minimum absolute atomic E-state index is 0.154. The quantitative estimate of drug-likeness (QED) is 0.717. The molecule has 0 aliphatic carbocycles. The third-order valence-electron chi connectivity index (χ3n) is 5.03. The Morgan fingerprint density at radius 2 is 2.04 bits per heavy atom. The molecule has 28 heavy (non-hydrogen) atoms. The molecule has 6 heteroatoms. The minimum atomic E-state index is -0.278.